The molecule has 0 radical (unpaired) electrons. The molecule has 1 fully saturated rings. The Bertz CT molecular complexity index is 562. The number of aliphatic hydroxyl groups is 1. The minimum atomic E-state index is -3.54. The number of halogens is 1. The molecule has 2 unspecified atom stereocenters. The fourth-order valence-corrected chi connectivity index (χ4v) is 3.60. The van der Waals surface area contributed by atoms with Crippen molar-refractivity contribution in [3.63, 3.8) is 0 Å². The summed E-state index contributed by atoms with van der Waals surface area (Å²) in [4.78, 5) is 0. The van der Waals surface area contributed by atoms with E-state index in [9.17, 15) is 13.5 Å². The molecule has 1 saturated carbocycles. The molecule has 0 aromatic heterocycles. The van der Waals surface area contributed by atoms with Crippen molar-refractivity contribution in [3.05, 3.63) is 34.9 Å². The van der Waals surface area contributed by atoms with Gasteiger partial charge in [-0.25, -0.2) is 4.72 Å². The van der Waals surface area contributed by atoms with Crippen LogP contribution in [0.15, 0.2) is 24.3 Å². The molecule has 0 aliphatic heterocycles. The third-order valence-electron chi connectivity index (χ3n) is 3.88. The summed E-state index contributed by atoms with van der Waals surface area (Å²) in [6.07, 6.45) is 2.18. The number of nitrogens with one attached hydrogen (secondary N) is 1. The molecule has 7 heteroatoms. The summed E-state index contributed by atoms with van der Waals surface area (Å²) in [6, 6.07) is 7.07. The molecular formula is C14H21ClN2O3S. The fourth-order valence-electron chi connectivity index (χ4n) is 2.51. The molecule has 0 spiro atoms. The first-order valence-corrected chi connectivity index (χ1v) is 8.84. The lowest BCUT2D eigenvalue weighted by atomic mass is 10.1. The van der Waals surface area contributed by atoms with Crippen molar-refractivity contribution in [1.82, 2.24) is 9.03 Å². The minimum Gasteiger partial charge on any atom is -0.393 e. The third kappa shape index (κ3) is 4.66. The average molecular weight is 333 g/mol. The molecule has 2 atom stereocenters. The molecule has 2 N–H and O–H groups in total. The Labute approximate surface area is 131 Å². The second-order valence-electron chi connectivity index (χ2n) is 5.49. The van der Waals surface area contributed by atoms with Crippen LogP contribution in [0.3, 0.4) is 0 Å². The number of aliphatic hydroxyl groups excluding tert-OH is 1. The number of benzene rings is 1. The van der Waals surface area contributed by atoms with Crippen molar-refractivity contribution in [1.29, 1.82) is 0 Å². The molecule has 0 saturated heterocycles. The highest BCUT2D eigenvalue weighted by molar-refractivity contribution is 7.87. The van der Waals surface area contributed by atoms with Gasteiger partial charge in [0.25, 0.3) is 10.2 Å². The monoisotopic (exact) mass is 332 g/mol. The van der Waals surface area contributed by atoms with Gasteiger partial charge in [0.05, 0.1) is 6.10 Å². The first kappa shape index (κ1) is 16.7. The molecule has 0 amide bonds. The predicted octanol–water partition coefficient (Wildman–Crippen LogP) is 1.77. The highest BCUT2D eigenvalue weighted by Gasteiger charge is 2.27. The van der Waals surface area contributed by atoms with Crippen molar-refractivity contribution in [3.8, 4) is 0 Å². The molecule has 1 aromatic carbocycles. The van der Waals surface area contributed by atoms with Gasteiger partial charge in [0.2, 0.25) is 0 Å². The van der Waals surface area contributed by atoms with E-state index in [1.807, 2.05) is 0 Å². The highest BCUT2D eigenvalue weighted by atomic mass is 35.5. The molecular weight excluding hydrogens is 312 g/mol. The fraction of sp³-hybridized carbons (Fsp3) is 0.571. The standard InChI is InChI=1S/C14H21ClN2O3S/c1-17(10-11-5-7-13(15)8-6-11)21(19,20)16-9-12-3-2-4-14(12)18/h5-8,12,14,16,18H,2-4,9-10H2,1H3. The summed E-state index contributed by atoms with van der Waals surface area (Å²) in [5.74, 6) is 0.0173. The maximum atomic E-state index is 12.2. The largest absolute Gasteiger partial charge is 0.393 e. The summed E-state index contributed by atoms with van der Waals surface area (Å²) in [5, 5.41) is 10.3. The van der Waals surface area contributed by atoms with E-state index >= 15 is 0 Å². The maximum absolute atomic E-state index is 12.2. The van der Waals surface area contributed by atoms with E-state index in [-0.39, 0.29) is 19.0 Å². The zero-order valence-electron chi connectivity index (χ0n) is 12.0. The van der Waals surface area contributed by atoms with Gasteiger partial charge in [-0.2, -0.15) is 12.7 Å². The molecule has 118 valence electrons. The Morgan fingerprint density at radius 3 is 2.57 bits per heavy atom. The third-order valence-corrected chi connectivity index (χ3v) is 5.61. The molecule has 1 aromatic rings. The maximum Gasteiger partial charge on any atom is 0.279 e. The van der Waals surface area contributed by atoms with Crippen LogP contribution < -0.4 is 4.72 Å². The second-order valence-corrected chi connectivity index (χ2v) is 7.79. The van der Waals surface area contributed by atoms with E-state index in [1.165, 1.54) is 11.4 Å². The molecule has 0 heterocycles. The molecule has 1 aliphatic rings. The number of hydrogen-bond acceptors (Lipinski definition) is 3. The summed E-state index contributed by atoms with van der Waals surface area (Å²) in [5.41, 5.74) is 0.869. The highest BCUT2D eigenvalue weighted by Crippen LogP contribution is 2.25. The second kappa shape index (κ2) is 7.07. The Morgan fingerprint density at radius 2 is 2.00 bits per heavy atom. The van der Waals surface area contributed by atoms with Crippen LogP contribution in [0.25, 0.3) is 0 Å². The van der Waals surface area contributed by atoms with E-state index in [1.54, 1.807) is 24.3 Å². The molecule has 5 nitrogen and oxygen atoms in total. The van der Waals surface area contributed by atoms with E-state index in [0.29, 0.717) is 5.02 Å². The van der Waals surface area contributed by atoms with Gasteiger partial charge < -0.3 is 5.11 Å². The summed E-state index contributed by atoms with van der Waals surface area (Å²) >= 11 is 5.81. The van der Waals surface area contributed by atoms with E-state index < -0.39 is 16.3 Å². The Kier molecular flexibility index (Phi) is 5.62. The zero-order chi connectivity index (χ0) is 15.5. The first-order valence-electron chi connectivity index (χ1n) is 7.02. The van der Waals surface area contributed by atoms with Gasteiger partial charge in [-0.15, -0.1) is 0 Å². The van der Waals surface area contributed by atoms with Gasteiger partial charge in [0.15, 0.2) is 0 Å². The lowest BCUT2D eigenvalue weighted by molar-refractivity contribution is 0.134. The van der Waals surface area contributed by atoms with Crippen molar-refractivity contribution < 1.29 is 13.5 Å². The van der Waals surface area contributed by atoms with Crippen LogP contribution in [0, 0.1) is 5.92 Å². The number of nitrogens with zero attached hydrogens (tertiary/aromatic N) is 1. The van der Waals surface area contributed by atoms with Gasteiger partial charge in [0, 0.05) is 25.2 Å². The Balaban J connectivity index is 1.90. The van der Waals surface area contributed by atoms with Gasteiger partial charge in [0.1, 0.15) is 0 Å². The average Bonchev–Trinajstić information content (AvgIpc) is 2.84. The van der Waals surface area contributed by atoms with E-state index in [0.717, 1.165) is 24.8 Å². The van der Waals surface area contributed by atoms with Crippen LogP contribution in [-0.4, -0.2) is 37.5 Å². The quantitative estimate of drug-likeness (QED) is 0.834. The Hall–Kier alpha value is -0.660. The minimum absolute atomic E-state index is 0.0173. The van der Waals surface area contributed by atoms with Crippen molar-refractivity contribution in [2.75, 3.05) is 13.6 Å². The normalized spacial score (nSPS) is 22.9. The molecule has 0 bridgehead atoms. The number of rotatable bonds is 6. The van der Waals surface area contributed by atoms with Crippen LogP contribution in [-0.2, 0) is 16.8 Å². The van der Waals surface area contributed by atoms with Crippen molar-refractivity contribution in [2.45, 2.75) is 31.9 Å². The molecule has 21 heavy (non-hydrogen) atoms. The SMILES string of the molecule is CN(Cc1ccc(Cl)cc1)S(=O)(=O)NCC1CCCC1O. The number of hydrogen-bond donors (Lipinski definition) is 2. The topological polar surface area (TPSA) is 69.6 Å². The summed E-state index contributed by atoms with van der Waals surface area (Å²) in [7, 11) is -2.01. The summed E-state index contributed by atoms with van der Waals surface area (Å²) < 4.78 is 28.2. The van der Waals surface area contributed by atoms with Crippen LogP contribution in [0.1, 0.15) is 24.8 Å². The molecule has 1 aliphatic carbocycles. The lowest BCUT2D eigenvalue weighted by Gasteiger charge is -2.20. The van der Waals surface area contributed by atoms with Crippen LogP contribution >= 0.6 is 11.6 Å². The smallest absolute Gasteiger partial charge is 0.279 e. The van der Waals surface area contributed by atoms with Gasteiger partial charge in [-0.3, -0.25) is 0 Å². The summed E-state index contributed by atoms with van der Waals surface area (Å²) in [6.45, 7) is 0.564. The zero-order valence-corrected chi connectivity index (χ0v) is 13.6. The van der Waals surface area contributed by atoms with Gasteiger partial charge in [-0.1, -0.05) is 30.2 Å². The van der Waals surface area contributed by atoms with Crippen molar-refractivity contribution in [2.24, 2.45) is 5.92 Å². The van der Waals surface area contributed by atoms with Gasteiger partial charge >= 0.3 is 0 Å². The Morgan fingerprint density at radius 1 is 1.33 bits per heavy atom. The van der Waals surface area contributed by atoms with Crippen LogP contribution in [0.2, 0.25) is 5.02 Å². The first-order chi connectivity index (χ1) is 9.88. The van der Waals surface area contributed by atoms with Crippen LogP contribution in [0.4, 0.5) is 0 Å². The lowest BCUT2D eigenvalue weighted by Crippen LogP contribution is -2.41. The van der Waals surface area contributed by atoms with Crippen LogP contribution in [0.5, 0.6) is 0 Å². The van der Waals surface area contributed by atoms with E-state index in [2.05, 4.69) is 4.72 Å². The predicted molar refractivity (Wildman–Crippen MR) is 83.2 cm³/mol. The molecule has 2 rings (SSSR count). The van der Waals surface area contributed by atoms with Crippen molar-refractivity contribution >= 4 is 21.8 Å². The van der Waals surface area contributed by atoms with E-state index in [4.69, 9.17) is 11.6 Å². The van der Waals surface area contributed by atoms with Gasteiger partial charge in [-0.05, 0) is 36.5 Å².